The van der Waals surface area contributed by atoms with Gasteiger partial charge in [-0.05, 0) is 184 Å². The summed E-state index contributed by atoms with van der Waals surface area (Å²) in [6.07, 6.45) is 0. The minimum Gasteiger partial charge on any atom is -0.311 e. The highest BCUT2D eigenvalue weighted by Gasteiger charge is 2.21. The number of aryl methyl sites for hydroxylation is 4. The van der Waals surface area contributed by atoms with Crippen molar-refractivity contribution in [3.8, 4) is 46.0 Å². The van der Waals surface area contributed by atoms with Crippen molar-refractivity contribution in [1.82, 2.24) is 9.13 Å². The number of aromatic nitrogens is 2. The predicted octanol–water partition coefficient (Wildman–Crippen LogP) is 16.8. The van der Waals surface area contributed by atoms with Crippen LogP contribution in [-0.4, -0.2) is 9.13 Å². The third kappa shape index (κ3) is 8.15. The molecule has 11 rings (SSSR count). The molecule has 0 saturated heterocycles. The van der Waals surface area contributed by atoms with Crippen LogP contribution in [0.4, 0.5) is 34.1 Å². The van der Waals surface area contributed by atoms with Crippen molar-refractivity contribution in [3.63, 3.8) is 0 Å². The zero-order valence-corrected chi connectivity index (χ0v) is 39.5. The molecule has 70 heavy (non-hydrogen) atoms. The van der Waals surface area contributed by atoms with Crippen molar-refractivity contribution in [2.75, 3.05) is 9.80 Å². The maximum atomic E-state index is 9.73. The Morgan fingerprint density at radius 3 is 0.829 bits per heavy atom. The molecular formula is C64H48N6. The van der Waals surface area contributed by atoms with E-state index in [-0.39, 0.29) is 0 Å². The largest absolute Gasteiger partial charge is 0.311 e. The molecule has 0 fully saturated rings. The third-order valence-electron chi connectivity index (χ3n) is 13.2. The molecule has 0 spiro atoms. The van der Waals surface area contributed by atoms with E-state index in [0.717, 1.165) is 89.8 Å². The normalized spacial score (nSPS) is 11.1. The van der Waals surface area contributed by atoms with Crippen LogP contribution in [-0.2, 0) is 0 Å². The second-order valence-corrected chi connectivity index (χ2v) is 18.1. The molecule has 0 aliphatic carbocycles. The highest BCUT2D eigenvalue weighted by Crippen LogP contribution is 2.42. The van der Waals surface area contributed by atoms with Gasteiger partial charge in [-0.15, -0.1) is 0 Å². The van der Waals surface area contributed by atoms with E-state index in [2.05, 4.69) is 229 Å². The van der Waals surface area contributed by atoms with Gasteiger partial charge in [0.25, 0.3) is 0 Å². The van der Waals surface area contributed by atoms with Gasteiger partial charge in [0.2, 0.25) is 0 Å². The summed E-state index contributed by atoms with van der Waals surface area (Å²) >= 11 is 0. The van der Waals surface area contributed by atoms with Gasteiger partial charge < -0.3 is 18.9 Å². The lowest BCUT2D eigenvalue weighted by Gasteiger charge is -2.26. The maximum Gasteiger partial charge on any atom is 0.0991 e. The zero-order valence-electron chi connectivity index (χ0n) is 39.5. The molecule has 9 aromatic carbocycles. The summed E-state index contributed by atoms with van der Waals surface area (Å²) in [5.41, 5.74) is 20.7. The zero-order chi connectivity index (χ0) is 47.9. The Bertz CT molecular complexity index is 3410. The molecule has 0 N–H and O–H groups in total. The van der Waals surface area contributed by atoms with Crippen LogP contribution in [0.3, 0.4) is 0 Å². The van der Waals surface area contributed by atoms with E-state index in [9.17, 15) is 10.5 Å². The topological polar surface area (TPSA) is 63.9 Å². The molecular weight excluding hydrogens is 853 g/mol. The summed E-state index contributed by atoms with van der Waals surface area (Å²) in [6.45, 7) is 8.46. The van der Waals surface area contributed by atoms with E-state index in [1.165, 1.54) is 22.3 Å². The number of anilines is 6. The van der Waals surface area contributed by atoms with Crippen LogP contribution >= 0.6 is 0 Å². The van der Waals surface area contributed by atoms with Crippen LogP contribution in [0.2, 0.25) is 0 Å². The monoisotopic (exact) mass is 900 g/mol. The third-order valence-corrected chi connectivity index (χ3v) is 13.2. The fourth-order valence-electron chi connectivity index (χ4n) is 9.49. The fourth-order valence-corrected chi connectivity index (χ4v) is 9.49. The van der Waals surface area contributed by atoms with Crippen molar-refractivity contribution in [1.29, 1.82) is 10.5 Å². The summed E-state index contributed by atoms with van der Waals surface area (Å²) in [6, 6.07) is 81.6. The molecule has 334 valence electrons. The van der Waals surface area contributed by atoms with Gasteiger partial charge in [-0.1, -0.05) is 95.1 Å². The first-order valence-corrected chi connectivity index (χ1v) is 23.5. The molecule has 0 unspecified atom stereocenters. The van der Waals surface area contributed by atoms with Crippen LogP contribution < -0.4 is 9.80 Å². The first-order chi connectivity index (χ1) is 34.2. The molecule has 0 aliphatic heterocycles. The molecule has 0 amide bonds. The van der Waals surface area contributed by atoms with E-state index >= 15 is 0 Å². The van der Waals surface area contributed by atoms with Crippen LogP contribution in [0.15, 0.2) is 218 Å². The smallest absolute Gasteiger partial charge is 0.0991 e. The Labute approximate surface area is 409 Å². The molecule has 0 bridgehead atoms. The van der Waals surface area contributed by atoms with Gasteiger partial charge in [0.1, 0.15) is 0 Å². The summed E-state index contributed by atoms with van der Waals surface area (Å²) in [7, 11) is 0. The number of benzene rings is 9. The number of hydrogen-bond donors (Lipinski definition) is 0. The highest BCUT2D eigenvalue weighted by atomic mass is 15.1. The predicted molar refractivity (Wildman–Crippen MR) is 289 cm³/mol. The molecule has 0 saturated carbocycles. The number of rotatable bonds is 10. The quantitative estimate of drug-likeness (QED) is 0.137. The number of fused-ring (bicyclic) bond motifs is 2. The Balaban J connectivity index is 1.08. The van der Waals surface area contributed by atoms with E-state index in [0.29, 0.717) is 11.1 Å². The Morgan fingerprint density at radius 2 is 0.571 bits per heavy atom. The van der Waals surface area contributed by atoms with Crippen LogP contribution in [0.5, 0.6) is 0 Å². The molecule has 6 nitrogen and oxygen atoms in total. The van der Waals surface area contributed by atoms with Crippen LogP contribution in [0.25, 0.3) is 55.7 Å². The lowest BCUT2D eigenvalue weighted by Crippen LogP contribution is -2.10. The second-order valence-electron chi connectivity index (χ2n) is 18.1. The van der Waals surface area contributed by atoms with Crippen molar-refractivity contribution in [2.45, 2.75) is 27.7 Å². The van der Waals surface area contributed by atoms with Crippen molar-refractivity contribution in [3.05, 3.63) is 252 Å². The van der Waals surface area contributed by atoms with E-state index < -0.39 is 0 Å². The summed E-state index contributed by atoms with van der Waals surface area (Å²) in [4.78, 5) is 4.59. The van der Waals surface area contributed by atoms with Gasteiger partial charge in [-0.3, -0.25) is 0 Å². The van der Waals surface area contributed by atoms with E-state index in [4.69, 9.17) is 0 Å². The molecule has 0 radical (unpaired) electrons. The summed E-state index contributed by atoms with van der Waals surface area (Å²) in [5.74, 6) is 0. The number of nitriles is 2. The van der Waals surface area contributed by atoms with Crippen molar-refractivity contribution in [2.24, 2.45) is 0 Å². The lowest BCUT2D eigenvalue weighted by molar-refractivity contribution is 1.13. The molecule has 2 heterocycles. The molecule has 0 aliphatic rings. The van der Waals surface area contributed by atoms with Crippen LogP contribution in [0, 0.1) is 50.4 Å². The molecule has 2 aromatic heterocycles. The standard InChI is InChI=1S/C64H48N6/c1-43-5-21-53(22-6-43)67(54-23-7-44(2)8-24-54)57-29-33-59(34-30-57)69-61(49-17-13-47(41-65)14-18-49)37-51-40-64-52(39-63(51)69)38-62(50-19-15-48(42-66)16-20-50)70(64)60-35-31-58(32-36-60)68(55-25-9-45(3)10-26-55)56-27-11-46(4)12-28-56/h5-40H,1-4H3. The molecule has 6 heteroatoms. The second kappa shape index (κ2) is 18.0. The van der Waals surface area contributed by atoms with Gasteiger partial charge in [-0.2, -0.15) is 10.5 Å². The highest BCUT2D eigenvalue weighted by molar-refractivity contribution is 6.02. The minimum absolute atomic E-state index is 0.616. The van der Waals surface area contributed by atoms with Gasteiger partial charge in [0.05, 0.1) is 45.7 Å². The van der Waals surface area contributed by atoms with E-state index in [1.54, 1.807) is 0 Å². The summed E-state index contributed by atoms with van der Waals surface area (Å²) in [5, 5.41) is 21.6. The Kier molecular flexibility index (Phi) is 11.1. The number of nitrogens with zero attached hydrogens (tertiary/aromatic N) is 6. The maximum absolute atomic E-state index is 9.73. The summed E-state index contributed by atoms with van der Waals surface area (Å²) < 4.78 is 4.67. The molecule has 11 aromatic rings. The average molecular weight is 901 g/mol. The fraction of sp³-hybridized carbons (Fsp3) is 0.0625. The average Bonchev–Trinajstić information content (AvgIpc) is 3.96. The lowest BCUT2D eigenvalue weighted by atomic mass is 10.1. The minimum atomic E-state index is 0.616. The van der Waals surface area contributed by atoms with Crippen LogP contribution in [0.1, 0.15) is 33.4 Å². The number of hydrogen-bond acceptors (Lipinski definition) is 4. The molecule has 0 atom stereocenters. The van der Waals surface area contributed by atoms with Crippen molar-refractivity contribution >= 4 is 55.9 Å². The van der Waals surface area contributed by atoms with Gasteiger partial charge in [-0.25, -0.2) is 0 Å². The Morgan fingerprint density at radius 1 is 0.314 bits per heavy atom. The first kappa shape index (κ1) is 43.2. The SMILES string of the molecule is Cc1ccc(N(c2ccc(C)cc2)c2ccc(-n3c(-c4ccc(C#N)cc4)cc4cc5c(cc(-c6ccc(C#N)cc6)n5-c5ccc(N(c6ccc(C)cc6)c6ccc(C)cc6)cc5)cc43)cc2)cc1. The first-order valence-electron chi connectivity index (χ1n) is 23.5. The van der Waals surface area contributed by atoms with Crippen molar-refractivity contribution < 1.29 is 0 Å². The van der Waals surface area contributed by atoms with Gasteiger partial charge in [0.15, 0.2) is 0 Å². The van der Waals surface area contributed by atoms with Gasteiger partial charge >= 0.3 is 0 Å². The van der Waals surface area contributed by atoms with Gasteiger partial charge in [0, 0.05) is 56.3 Å². The Hall–Kier alpha value is -9.36. The van der Waals surface area contributed by atoms with E-state index in [1.807, 2.05) is 48.5 Å².